The van der Waals surface area contributed by atoms with E-state index in [1.807, 2.05) is 50.3 Å². The van der Waals surface area contributed by atoms with Crippen molar-refractivity contribution in [1.29, 1.82) is 5.41 Å². The van der Waals surface area contributed by atoms with Gasteiger partial charge in [0, 0.05) is 31.4 Å². The van der Waals surface area contributed by atoms with E-state index in [4.69, 9.17) is 11.1 Å². The number of allylic oxidation sites excluding steroid dienone is 4. The van der Waals surface area contributed by atoms with Crippen molar-refractivity contribution in [2.24, 2.45) is 17.6 Å². The second-order valence-corrected chi connectivity index (χ2v) is 10.7. The number of benzene rings is 2. The van der Waals surface area contributed by atoms with Gasteiger partial charge >= 0.3 is 0 Å². The van der Waals surface area contributed by atoms with E-state index in [0.29, 0.717) is 25.0 Å². The predicted octanol–water partition coefficient (Wildman–Crippen LogP) is 4.16. The Morgan fingerprint density at radius 3 is 2.51 bits per heavy atom. The maximum Gasteiger partial charge on any atom is 0.254 e. The molecule has 0 saturated carbocycles. The summed E-state index contributed by atoms with van der Waals surface area (Å²) in [6, 6.07) is 12.1. The molecule has 8 nitrogen and oxygen atoms in total. The van der Waals surface area contributed by atoms with Gasteiger partial charge in [-0.1, -0.05) is 36.4 Å². The van der Waals surface area contributed by atoms with Gasteiger partial charge in [-0.05, 0) is 77.6 Å². The number of fused-ring (bicyclic) bond motifs is 3. The van der Waals surface area contributed by atoms with Crippen LogP contribution in [0.2, 0.25) is 0 Å². The second-order valence-electron chi connectivity index (χ2n) is 10.7. The summed E-state index contributed by atoms with van der Waals surface area (Å²) in [7, 11) is 0. The molecule has 0 spiro atoms. The average molecular weight is 528 g/mol. The van der Waals surface area contributed by atoms with Crippen molar-refractivity contribution in [1.82, 2.24) is 5.32 Å². The summed E-state index contributed by atoms with van der Waals surface area (Å²) in [6.07, 6.45) is 2.80. The Bertz CT molecular complexity index is 1520. The van der Waals surface area contributed by atoms with Crippen LogP contribution in [0.5, 0.6) is 0 Å². The Morgan fingerprint density at radius 1 is 1.21 bits per heavy atom. The van der Waals surface area contributed by atoms with Crippen molar-refractivity contribution >= 4 is 23.1 Å². The Kier molecular flexibility index (Phi) is 6.47. The van der Waals surface area contributed by atoms with Crippen LogP contribution in [-0.2, 0) is 22.6 Å². The van der Waals surface area contributed by atoms with Gasteiger partial charge in [0.2, 0.25) is 5.91 Å². The first kappa shape index (κ1) is 26.4. The molecule has 0 unspecified atom stereocenters. The number of nitrogens with one attached hydrogen (secondary N) is 2. The zero-order valence-corrected chi connectivity index (χ0v) is 22.3. The van der Waals surface area contributed by atoms with Crippen LogP contribution in [0.3, 0.4) is 0 Å². The molecule has 0 aromatic heterocycles. The number of carbonyl (C=O) groups is 2. The lowest BCUT2D eigenvalue weighted by Crippen LogP contribution is -2.56. The molecule has 0 fully saturated rings. The van der Waals surface area contributed by atoms with Crippen molar-refractivity contribution in [2.75, 3.05) is 0 Å². The van der Waals surface area contributed by atoms with E-state index in [9.17, 15) is 24.9 Å². The van der Waals surface area contributed by atoms with Crippen LogP contribution in [-0.4, -0.2) is 38.4 Å². The summed E-state index contributed by atoms with van der Waals surface area (Å²) in [5.74, 6) is -2.74. The van der Waals surface area contributed by atoms with Crippen LogP contribution in [0, 0.1) is 24.2 Å². The van der Waals surface area contributed by atoms with Crippen LogP contribution in [0.15, 0.2) is 65.1 Å². The highest BCUT2D eigenvalue weighted by Gasteiger charge is 2.57. The number of rotatable bonds is 4. The number of hydrogen-bond donors (Lipinski definition) is 6. The quantitative estimate of drug-likeness (QED) is 0.352. The SMILES string of the molecule is C/C=C1/C2=C(O)[C@]3(O)C(=N)C(C(N)=O)=C(O)C[C@@H]3C[C@@H]2Cc2c(-c3ccccc3)cc(CNC(C)=O)c(C)c21. The fourth-order valence-corrected chi connectivity index (χ4v) is 6.67. The topological polar surface area (TPSA) is 157 Å². The number of nitrogens with two attached hydrogens (primary N) is 1. The third-order valence-electron chi connectivity index (χ3n) is 8.50. The predicted molar refractivity (Wildman–Crippen MR) is 149 cm³/mol. The third kappa shape index (κ3) is 3.98. The number of primary amides is 1. The molecular weight excluding hydrogens is 494 g/mol. The van der Waals surface area contributed by atoms with E-state index in [0.717, 1.165) is 39.0 Å². The first-order valence-electron chi connectivity index (χ1n) is 13.1. The lowest BCUT2D eigenvalue weighted by Gasteiger charge is -2.48. The van der Waals surface area contributed by atoms with Crippen LogP contribution < -0.4 is 11.1 Å². The number of aliphatic hydroxyl groups excluding tert-OH is 2. The van der Waals surface area contributed by atoms with E-state index in [1.165, 1.54) is 6.92 Å². The van der Waals surface area contributed by atoms with Gasteiger partial charge in [0.25, 0.3) is 5.91 Å². The zero-order valence-electron chi connectivity index (χ0n) is 22.3. The standard InChI is InChI=1S/C31H33N3O5/c1-4-21-25-15(2)19(14-34-16(3)35)12-22(17-8-6-5-7-9-17)23(25)11-18-10-20-13-24(36)27(30(33)38)28(32)31(20,39)29(37)26(18)21/h4-9,12,18,20,32,36-37,39H,10-11,13-14H2,1-3H3,(H2,33,38)(H,34,35)/b21-4+,32-28?/t18-,20+,31-/m1/s1. The van der Waals surface area contributed by atoms with Crippen molar-refractivity contribution in [2.45, 2.75) is 52.2 Å². The van der Waals surface area contributed by atoms with E-state index in [2.05, 4.69) is 11.4 Å². The summed E-state index contributed by atoms with van der Waals surface area (Å²) in [5.41, 5.74) is 9.54. The van der Waals surface area contributed by atoms with Gasteiger partial charge in [0.05, 0.1) is 5.71 Å². The van der Waals surface area contributed by atoms with Crippen LogP contribution in [0.25, 0.3) is 16.7 Å². The maximum atomic E-state index is 12.0. The van der Waals surface area contributed by atoms with Gasteiger partial charge in [-0.25, -0.2) is 0 Å². The summed E-state index contributed by atoms with van der Waals surface area (Å²) < 4.78 is 0. The fraction of sp³-hybridized carbons (Fsp3) is 0.323. The van der Waals surface area contributed by atoms with Gasteiger partial charge in [0.1, 0.15) is 17.1 Å². The van der Waals surface area contributed by atoms with Gasteiger partial charge in [-0.2, -0.15) is 0 Å². The summed E-state index contributed by atoms with van der Waals surface area (Å²) in [5, 5.41) is 45.6. The average Bonchev–Trinajstić information content (AvgIpc) is 2.89. The molecule has 0 heterocycles. The molecule has 2 amide bonds. The molecule has 2 aromatic carbocycles. The minimum absolute atomic E-state index is 0.0662. The van der Waals surface area contributed by atoms with Crippen molar-refractivity contribution in [3.8, 4) is 11.1 Å². The highest BCUT2D eigenvalue weighted by molar-refractivity contribution is 6.25. The Morgan fingerprint density at radius 2 is 1.90 bits per heavy atom. The molecule has 3 atom stereocenters. The fourth-order valence-electron chi connectivity index (χ4n) is 6.67. The van der Waals surface area contributed by atoms with E-state index in [-0.39, 0.29) is 29.8 Å². The third-order valence-corrected chi connectivity index (χ3v) is 8.50. The Balaban J connectivity index is 1.75. The monoisotopic (exact) mass is 527 g/mol. The van der Waals surface area contributed by atoms with Gasteiger partial charge in [-0.15, -0.1) is 0 Å². The molecule has 8 heteroatoms. The number of hydrogen-bond acceptors (Lipinski definition) is 6. The first-order chi connectivity index (χ1) is 18.5. The van der Waals surface area contributed by atoms with Gasteiger partial charge in [0.15, 0.2) is 5.60 Å². The van der Waals surface area contributed by atoms with Gasteiger partial charge < -0.3 is 31.8 Å². The molecule has 202 valence electrons. The van der Waals surface area contributed by atoms with Crippen LogP contribution >= 0.6 is 0 Å². The second kappa shape index (κ2) is 9.54. The molecule has 0 aliphatic heterocycles. The molecule has 3 aliphatic carbocycles. The summed E-state index contributed by atoms with van der Waals surface area (Å²) >= 11 is 0. The number of aliphatic hydroxyl groups is 3. The largest absolute Gasteiger partial charge is 0.511 e. The zero-order chi connectivity index (χ0) is 28.2. The Labute approximate surface area is 227 Å². The molecule has 39 heavy (non-hydrogen) atoms. The molecule has 0 bridgehead atoms. The van der Waals surface area contributed by atoms with E-state index < -0.39 is 28.7 Å². The normalized spacial score (nSPS) is 25.2. The van der Waals surface area contributed by atoms with E-state index in [1.54, 1.807) is 0 Å². The summed E-state index contributed by atoms with van der Waals surface area (Å²) in [4.78, 5) is 23.8. The highest BCUT2D eigenvalue weighted by Crippen LogP contribution is 2.55. The molecule has 2 aromatic rings. The molecular formula is C31H33N3O5. The molecule has 0 saturated heterocycles. The lowest BCUT2D eigenvalue weighted by molar-refractivity contribution is -0.119. The number of amides is 2. The first-order valence-corrected chi connectivity index (χ1v) is 13.1. The molecule has 7 N–H and O–H groups in total. The minimum Gasteiger partial charge on any atom is -0.511 e. The molecule has 5 rings (SSSR count). The number of carbonyl (C=O) groups excluding carboxylic acids is 2. The van der Waals surface area contributed by atoms with Gasteiger partial charge in [-0.3, -0.25) is 9.59 Å². The molecule has 3 aliphatic rings. The van der Waals surface area contributed by atoms with E-state index >= 15 is 0 Å². The van der Waals surface area contributed by atoms with Crippen molar-refractivity contribution < 1.29 is 24.9 Å². The van der Waals surface area contributed by atoms with Crippen LogP contribution in [0.4, 0.5) is 0 Å². The highest BCUT2D eigenvalue weighted by atomic mass is 16.3. The van der Waals surface area contributed by atoms with Crippen LogP contribution in [0.1, 0.15) is 48.9 Å². The lowest BCUT2D eigenvalue weighted by atomic mass is 9.58. The summed E-state index contributed by atoms with van der Waals surface area (Å²) in [6.45, 7) is 5.66. The minimum atomic E-state index is -2.14. The smallest absolute Gasteiger partial charge is 0.254 e. The molecule has 0 radical (unpaired) electrons. The van der Waals surface area contributed by atoms with Crippen molar-refractivity contribution in [3.63, 3.8) is 0 Å². The maximum absolute atomic E-state index is 12.0. The Hall–Kier alpha value is -4.17. The van der Waals surface area contributed by atoms with Crippen molar-refractivity contribution in [3.05, 3.63) is 87.4 Å².